The number of aliphatic hydroxyl groups is 2. The average molecular weight is 539 g/mol. The van der Waals surface area contributed by atoms with Crippen molar-refractivity contribution >= 4 is 5.78 Å². The van der Waals surface area contributed by atoms with Gasteiger partial charge in [0.05, 0.1) is 23.7 Å². The Kier molecular flexibility index (Phi) is 4.29. The number of hydrogen-bond acceptors (Lipinski definition) is 9. The molecule has 2 saturated carbocycles. The fourth-order valence-electron chi connectivity index (χ4n) is 9.12. The van der Waals surface area contributed by atoms with Crippen molar-refractivity contribution in [3.05, 3.63) is 60.2 Å². The molecule has 0 aromatic heterocycles. The van der Waals surface area contributed by atoms with Gasteiger partial charge in [0.1, 0.15) is 29.5 Å². The third-order valence-electron chi connectivity index (χ3n) is 11.0. The van der Waals surface area contributed by atoms with Crippen molar-refractivity contribution in [2.75, 3.05) is 6.61 Å². The van der Waals surface area contributed by atoms with E-state index < -0.39 is 81.6 Å². The maximum atomic E-state index is 13.8. The van der Waals surface area contributed by atoms with E-state index in [1.165, 1.54) is 6.08 Å². The lowest BCUT2D eigenvalue weighted by atomic mass is 9.48. The molecule has 4 heterocycles. The van der Waals surface area contributed by atoms with Crippen LogP contribution in [0, 0.1) is 17.3 Å². The summed E-state index contributed by atoms with van der Waals surface area (Å²) in [5.74, 6) is -4.49. The van der Waals surface area contributed by atoms with Gasteiger partial charge < -0.3 is 38.6 Å². The maximum absolute atomic E-state index is 13.8. The number of fused-ring (bicyclic) bond motifs is 3. The first-order valence-corrected chi connectivity index (χ1v) is 13.7. The number of aliphatic hydroxyl groups excluding tert-OH is 1. The van der Waals surface area contributed by atoms with E-state index in [1.54, 1.807) is 19.9 Å². The van der Waals surface area contributed by atoms with E-state index >= 15 is 0 Å². The summed E-state index contributed by atoms with van der Waals surface area (Å²) in [5.41, 5.74) is -6.07. The van der Waals surface area contributed by atoms with Crippen LogP contribution in [-0.4, -0.2) is 75.2 Å². The van der Waals surface area contributed by atoms with Crippen molar-refractivity contribution in [2.24, 2.45) is 17.3 Å². The first-order valence-electron chi connectivity index (χ1n) is 13.7. The summed E-state index contributed by atoms with van der Waals surface area (Å²) in [6, 6.07) is 9.29. The quantitative estimate of drug-likeness (QED) is 0.431. The molecule has 4 saturated heterocycles. The van der Waals surface area contributed by atoms with Crippen LogP contribution in [0.3, 0.4) is 0 Å². The zero-order valence-electron chi connectivity index (χ0n) is 22.7. The van der Waals surface area contributed by atoms with Crippen LogP contribution >= 0.6 is 0 Å². The van der Waals surface area contributed by atoms with E-state index in [4.69, 9.17) is 28.4 Å². The molecule has 4 unspecified atom stereocenters. The van der Waals surface area contributed by atoms with Crippen LogP contribution in [0.15, 0.2) is 54.6 Å². The van der Waals surface area contributed by atoms with E-state index in [0.29, 0.717) is 11.1 Å². The van der Waals surface area contributed by atoms with Crippen LogP contribution in [0.1, 0.15) is 40.2 Å². The van der Waals surface area contributed by atoms with E-state index in [0.717, 1.165) is 0 Å². The fraction of sp³-hybridized carbons (Fsp3) is 0.633. The van der Waals surface area contributed by atoms with Crippen molar-refractivity contribution < 1.29 is 43.4 Å². The molecular formula is C30H34O9. The maximum Gasteiger partial charge on any atom is 0.314 e. The molecule has 0 radical (unpaired) electrons. The standard InChI is InChI=1S/C30H34O9/c1-15(2)27-20(32)16(3)29-19(22(27)36-30(38-27,39-29)17-10-8-7-9-11-17)21-26(35-21)14-34-24(4,5)37-23(26)28(33)18(31)12-13-25(28,29)6/h7-13,16,19-23,32-33H,1,14H2,2-6H3/t16-,19+,20-,21+,22?,23-,25-,26+,27?,28-,29?,30?/m1/s1. The Morgan fingerprint density at radius 1 is 1.05 bits per heavy atom. The molecule has 9 nitrogen and oxygen atoms in total. The Hall–Kier alpha value is -1.95. The number of carbonyl (C=O) groups is 1. The highest BCUT2D eigenvalue weighted by molar-refractivity contribution is 6.02. The second-order valence-electron chi connectivity index (χ2n) is 13.1. The normalized spacial score (nSPS) is 57.3. The first kappa shape index (κ1) is 24.8. The highest BCUT2D eigenvalue weighted by Crippen LogP contribution is 2.77. The molecule has 9 heteroatoms. The van der Waals surface area contributed by atoms with Gasteiger partial charge in [-0.15, -0.1) is 0 Å². The minimum absolute atomic E-state index is 0.113. The molecule has 39 heavy (non-hydrogen) atoms. The third-order valence-corrected chi connectivity index (χ3v) is 11.0. The van der Waals surface area contributed by atoms with Crippen molar-refractivity contribution in [1.82, 2.24) is 0 Å². The van der Waals surface area contributed by atoms with Gasteiger partial charge in [0.25, 0.3) is 0 Å². The van der Waals surface area contributed by atoms with E-state index in [2.05, 4.69) is 6.58 Å². The monoisotopic (exact) mass is 538 g/mol. The Labute approximate surface area is 226 Å². The fourth-order valence-corrected chi connectivity index (χ4v) is 9.12. The number of hydrogen-bond donors (Lipinski definition) is 2. The minimum atomic E-state index is -2.08. The van der Waals surface area contributed by atoms with Crippen LogP contribution in [0.2, 0.25) is 0 Å². The molecule has 7 aliphatic rings. The molecule has 1 spiro atoms. The molecule has 6 fully saturated rings. The Balaban J connectivity index is 1.45. The van der Waals surface area contributed by atoms with Gasteiger partial charge in [-0.05, 0) is 39.3 Å². The lowest BCUT2D eigenvalue weighted by molar-refractivity contribution is -0.452. The van der Waals surface area contributed by atoms with Gasteiger partial charge in [-0.25, -0.2) is 0 Å². The zero-order chi connectivity index (χ0) is 27.6. The van der Waals surface area contributed by atoms with E-state index in [1.807, 2.05) is 51.1 Å². The second kappa shape index (κ2) is 6.74. The lowest BCUT2D eigenvalue weighted by Gasteiger charge is -2.64. The number of benzene rings is 1. The van der Waals surface area contributed by atoms with Gasteiger partial charge in [0, 0.05) is 17.4 Å². The minimum Gasteiger partial charge on any atom is -0.389 e. The van der Waals surface area contributed by atoms with Crippen molar-refractivity contribution in [1.29, 1.82) is 0 Å². The Morgan fingerprint density at radius 3 is 2.46 bits per heavy atom. The molecule has 0 amide bonds. The lowest BCUT2D eigenvalue weighted by Crippen LogP contribution is -2.79. The highest BCUT2D eigenvalue weighted by atomic mass is 16.9. The predicted molar refractivity (Wildman–Crippen MR) is 134 cm³/mol. The molecule has 3 bridgehead atoms. The van der Waals surface area contributed by atoms with Gasteiger partial charge in [-0.2, -0.15) is 0 Å². The number of ether oxygens (including phenoxy) is 6. The summed E-state index contributed by atoms with van der Waals surface area (Å²) >= 11 is 0. The molecule has 1 aromatic carbocycles. The summed E-state index contributed by atoms with van der Waals surface area (Å²) in [7, 11) is 0. The smallest absolute Gasteiger partial charge is 0.314 e. The summed E-state index contributed by atoms with van der Waals surface area (Å²) in [6.07, 6.45) is -0.375. The number of ketones is 1. The summed E-state index contributed by atoms with van der Waals surface area (Å²) in [5, 5.41) is 24.9. The molecule has 3 aliphatic carbocycles. The molecular weight excluding hydrogens is 504 g/mol. The predicted octanol–water partition coefficient (Wildman–Crippen LogP) is 2.10. The molecule has 12 atom stereocenters. The van der Waals surface area contributed by atoms with Crippen LogP contribution in [0.25, 0.3) is 0 Å². The number of epoxide rings is 1. The van der Waals surface area contributed by atoms with Crippen molar-refractivity contribution in [3.63, 3.8) is 0 Å². The highest BCUT2D eigenvalue weighted by Gasteiger charge is 2.93. The summed E-state index contributed by atoms with van der Waals surface area (Å²) < 4.78 is 39.7. The number of rotatable bonds is 2. The van der Waals surface area contributed by atoms with Crippen LogP contribution in [0.4, 0.5) is 0 Å². The molecule has 1 aromatic rings. The molecule has 8 rings (SSSR count). The van der Waals surface area contributed by atoms with Gasteiger partial charge in [-0.1, -0.05) is 49.9 Å². The largest absolute Gasteiger partial charge is 0.389 e. The van der Waals surface area contributed by atoms with E-state index in [9.17, 15) is 15.0 Å². The van der Waals surface area contributed by atoms with Crippen LogP contribution in [0.5, 0.6) is 0 Å². The third kappa shape index (κ3) is 2.33. The van der Waals surface area contributed by atoms with Gasteiger partial charge in [0.2, 0.25) is 0 Å². The van der Waals surface area contributed by atoms with E-state index in [-0.39, 0.29) is 6.61 Å². The molecule has 4 aliphatic heterocycles. The van der Waals surface area contributed by atoms with Crippen molar-refractivity contribution in [3.8, 4) is 0 Å². The van der Waals surface area contributed by atoms with Crippen LogP contribution in [-0.2, 0) is 39.2 Å². The van der Waals surface area contributed by atoms with Crippen molar-refractivity contribution in [2.45, 2.75) is 93.2 Å². The van der Waals surface area contributed by atoms with Crippen LogP contribution < -0.4 is 0 Å². The SMILES string of the molecule is C=C(C)C12OC3(c4ccccc4)OC1[C@@H]1[C@@H]4O[C@@]45COC(C)(C)O[C@H]5[C@]4(O)C(=O)C=C[C@@]4(C)C1(O3)[C@H](C)[C@H]2O. The van der Waals surface area contributed by atoms with Gasteiger partial charge >= 0.3 is 5.97 Å². The summed E-state index contributed by atoms with van der Waals surface area (Å²) in [6.45, 7) is 13.4. The Bertz CT molecular complexity index is 1360. The summed E-state index contributed by atoms with van der Waals surface area (Å²) in [4.78, 5) is 13.8. The van der Waals surface area contributed by atoms with Gasteiger partial charge in [-0.3, -0.25) is 4.79 Å². The average Bonchev–Trinajstić information content (AvgIpc) is 3.49. The molecule has 2 N–H and O–H groups in total. The van der Waals surface area contributed by atoms with Gasteiger partial charge in [0.15, 0.2) is 17.2 Å². The Morgan fingerprint density at radius 2 is 1.77 bits per heavy atom. The number of carbonyl (C=O) groups excluding carboxylic acids is 1. The molecule has 208 valence electrons. The first-order chi connectivity index (χ1) is 18.3. The topological polar surface area (TPSA) is 116 Å². The zero-order valence-corrected chi connectivity index (χ0v) is 22.7. The second-order valence-corrected chi connectivity index (χ2v) is 13.1.